The smallest absolute Gasteiger partial charge is 0.331 e. The third-order valence-electron chi connectivity index (χ3n) is 3.88. The van der Waals surface area contributed by atoms with E-state index < -0.39 is 30.1 Å². The summed E-state index contributed by atoms with van der Waals surface area (Å²) in [5.41, 5.74) is 2.12. The number of hydrogen-bond donors (Lipinski definition) is 2. The van der Waals surface area contributed by atoms with Gasteiger partial charge in [0.05, 0.1) is 13.2 Å². The lowest BCUT2D eigenvalue weighted by atomic mass is 10.1. The molecule has 0 aromatic heterocycles. The van der Waals surface area contributed by atoms with Crippen molar-refractivity contribution >= 4 is 11.9 Å². The number of benzene rings is 2. The monoisotopic (exact) mass is 357 g/mol. The maximum absolute atomic E-state index is 12.2. The molecule has 0 aliphatic heterocycles. The maximum atomic E-state index is 12.2. The summed E-state index contributed by atoms with van der Waals surface area (Å²) >= 11 is 0. The molecule has 2 N–H and O–H groups in total. The summed E-state index contributed by atoms with van der Waals surface area (Å²) < 4.78 is 10.2. The SMILES string of the molecule is COC(=O)[C@H](NC(=O)[C@H](C)Oc1ccc(-c2ccccc2)cc1)[C@@H](C)O. The van der Waals surface area contributed by atoms with Crippen LogP contribution >= 0.6 is 0 Å². The van der Waals surface area contributed by atoms with Crippen molar-refractivity contribution in [1.82, 2.24) is 5.32 Å². The number of ether oxygens (including phenoxy) is 2. The van der Waals surface area contributed by atoms with Gasteiger partial charge in [-0.2, -0.15) is 0 Å². The average Bonchev–Trinajstić information content (AvgIpc) is 2.66. The number of carbonyl (C=O) groups is 2. The van der Waals surface area contributed by atoms with Gasteiger partial charge in [0.25, 0.3) is 5.91 Å². The average molecular weight is 357 g/mol. The zero-order valence-corrected chi connectivity index (χ0v) is 15.0. The molecule has 0 unspecified atom stereocenters. The van der Waals surface area contributed by atoms with Crippen LogP contribution in [0.25, 0.3) is 11.1 Å². The van der Waals surface area contributed by atoms with Crippen LogP contribution in [-0.2, 0) is 14.3 Å². The van der Waals surface area contributed by atoms with E-state index in [0.717, 1.165) is 11.1 Å². The molecule has 6 heteroatoms. The zero-order chi connectivity index (χ0) is 19.1. The van der Waals surface area contributed by atoms with Crippen LogP contribution in [0, 0.1) is 0 Å². The molecule has 26 heavy (non-hydrogen) atoms. The van der Waals surface area contributed by atoms with E-state index in [4.69, 9.17) is 4.74 Å². The number of aliphatic hydroxyl groups is 1. The van der Waals surface area contributed by atoms with Crippen molar-refractivity contribution in [3.05, 3.63) is 54.6 Å². The Balaban J connectivity index is 1.99. The van der Waals surface area contributed by atoms with Gasteiger partial charge in [0.15, 0.2) is 12.1 Å². The normalized spacial score (nSPS) is 14.0. The minimum atomic E-state index is -1.14. The summed E-state index contributed by atoms with van der Waals surface area (Å²) in [5.74, 6) is -0.708. The van der Waals surface area contributed by atoms with Crippen molar-refractivity contribution in [3.63, 3.8) is 0 Å². The van der Waals surface area contributed by atoms with E-state index in [1.807, 2.05) is 42.5 Å². The highest BCUT2D eigenvalue weighted by atomic mass is 16.5. The lowest BCUT2D eigenvalue weighted by Gasteiger charge is -2.21. The van der Waals surface area contributed by atoms with Gasteiger partial charge >= 0.3 is 5.97 Å². The van der Waals surface area contributed by atoms with Crippen molar-refractivity contribution in [1.29, 1.82) is 0 Å². The van der Waals surface area contributed by atoms with Crippen LogP contribution in [0.5, 0.6) is 5.75 Å². The predicted octanol–water partition coefficient (Wildman–Crippen LogP) is 2.16. The standard InChI is InChI=1S/C20H23NO5/c1-13(22)18(20(24)25-3)21-19(23)14(2)26-17-11-9-16(10-12-17)15-7-5-4-6-8-15/h4-14,18,22H,1-3H3,(H,21,23)/t13-,14+,18-/m1/s1. The molecular formula is C20H23NO5. The Hall–Kier alpha value is -2.86. The topological polar surface area (TPSA) is 84.9 Å². The third-order valence-corrected chi connectivity index (χ3v) is 3.88. The summed E-state index contributed by atoms with van der Waals surface area (Å²) in [6.45, 7) is 2.96. The lowest BCUT2D eigenvalue weighted by molar-refractivity contribution is -0.148. The fraction of sp³-hybridized carbons (Fsp3) is 0.300. The molecule has 6 nitrogen and oxygen atoms in total. The van der Waals surface area contributed by atoms with Crippen LogP contribution in [0.3, 0.4) is 0 Å². The molecule has 0 bridgehead atoms. The summed E-state index contributed by atoms with van der Waals surface area (Å²) in [7, 11) is 1.19. The van der Waals surface area contributed by atoms with Gasteiger partial charge in [-0.05, 0) is 37.1 Å². The molecule has 2 aromatic carbocycles. The fourth-order valence-corrected chi connectivity index (χ4v) is 2.39. The maximum Gasteiger partial charge on any atom is 0.331 e. The molecule has 0 saturated carbocycles. The highest BCUT2D eigenvalue weighted by Gasteiger charge is 2.28. The molecule has 0 heterocycles. The Morgan fingerprint density at radius 1 is 0.962 bits per heavy atom. The van der Waals surface area contributed by atoms with E-state index in [0.29, 0.717) is 5.75 Å². The molecule has 0 spiro atoms. The summed E-state index contributed by atoms with van der Waals surface area (Å²) in [5, 5.41) is 12.1. The Bertz CT molecular complexity index is 728. The minimum absolute atomic E-state index is 0.520. The summed E-state index contributed by atoms with van der Waals surface area (Å²) in [6, 6.07) is 16.1. The van der Waals surface area contributed by atoms with E-state index in [1.54, 1.807) is 19.1 Å². The van der Waals surface area contributed by atoms with Crippen molar-refractivity contribution in [2.45, 2.75) is 32.1 Å². The molecule has 3 atom stereocenters. The van der Waals surface area contributed by atoms with E-state index in [-0.39, 0.29) is 0 Å². The second kappa shape index (κ2) is 9.01. The highest BCUT2D eigenvalue weighted by molar-refractivity contribution is 5.87. The predicted molar refractivity (Wildman–Crippen MR) is 97.6 cm³/mol. The van der Waals surface area contributed by atoms with Crippen LogP contribution in [-0.4, -0.2) is 42.3 Å². The van der Waals surface area contributed by atoms with E-state index in [2.05, 4.69) is 10.1 Å². The van der Waals surface area contributed by atoms with Crippen LogP contribution < -0.4 is 10.1 Å². The number of aliphatic hydroxyl groups excluding tert-OH is 1. The Kier molecular flexibility index (Phi) is 6.74. The van der Waals surface area contributed by atoms with Gasteiger partial charge in [-0.15, -0.1) is 0 Å². The summed E-state index contributed by atoms with van der Waals surface area (Å²) in [4.78, 5) is 23.8. The first-order valence-electron chi connectivity index (χ1n) is 8.30. The molecule has 0 aliphatic carbocycles. The van der Waals surface area contributed by atoms with Crippen molar-refractivity contribution in [2.75, 3.05) is 7.11 Å². The first-order chi connectivity index (χ1) is 12.4. The Labute approximate surface area is 152 Å². The molecule has 138 valence electrons. The number of esters is 1. The largest absolute Gasteiger partial charge is 0.481 e. The second-order valence-corrected chi connectivity index (χ2v) is 5.90. The fourth-order valence-electron chi connectivity index (χ4n) is 2.39. The number of nitrogens with one attached hydrogen (secondary N) is 1. The molecule has 0 fully saturated rings. The molecule has 1 amide bonds. The molecule has 0 radical (unpaired) electrons. The molecule has 2 rings (SSSR count). The van der Waals surface area contributed by atoms with Crippen LogP contribution in [0.2, 0.25) is 0 Å². The van der Waals surface area contributed by atoms with Crippen molar-refractivity contribution < 1.29 is 24.2 Å². The van der Waals surface area contributed by atoms with Gasteiger partial charge < -0.3 is 19.9 Å². The number of methoxy groups -OCH3 is 1. The van der Waals surface area contributed by atoms with Crippen molar-refractivity contribution in [3.8, 4) is 16.9 Å². The molecule has 0 saturated heterocycles. The second-order valence-electron chi connectivity index (χ2n) is 5.90. The number of hydrogen-bond acceptors (Lipinski definition) is 5. The van der Waals surface area contributed by atoms with Gasteiger partial charge in [-0.3, -0.25) is 4.79 Å². The first kappa shape index (κ1) is 19.5. The van der Waals surface area contributed by atoms with Gasteiger partial charge in [-0.25, -0.2) is 4.79 Å². The quantitative estimate of drug-likeness (QED) is 0.742. The molecule has 0 aliphatic rings. The Morgan fingerprint density at radius 3 is 2.08 bits per heavy atom. The first-order valence-corrected chi connectivity index (χ1v) is 8.30. The van der Waals surface area contributed by atoms with Gasteiger partial charge in [0.2, 0.25) is 0 Å². The van der Waals surface area contributed by atoms with Gasteiger partial charge in [0.1, 0.15) is 5.75 Å². The molecular weight excluding hydrogens is 334 g/mol. The highest BCUT2D eigenvalue weighted by Crippen LogP contribution is 2.22. The van der Waals surface area contributed by atoms with E-state index >= 15 is 0 Å². The third kappa shape index (κ3) is 5.07. The zero-order valence-electron chi connectivity index (χ0n) is 15.0. The van der Waals surface area contributed by atoms with Crippen LogP contribution in [0.15, 0.2) is 54.6 Å². The van der Waals surface area contributed by atoms with E-state index in [9.17, 15) is 14.7 Å². The van der Waals surface area contributed by atoms with Gasteiger partial charge in [-0.1, -0.05) is 42.5 Å². The van der Waals surface area contributed by atoms with Crippen LogP contribution in [0.1, 0.15) is 13.8 Å². The Morgan fingerprint density at radius 2 is 1.54 bits per heavy atom. The van der Waals surface area contributed by atoms with E-state index in [1.165, 1.54) is 14.0 Å². The van der Waals surface area contributed by atoms with Gasteiger partial charge in [0, 0.05) is 0 Å². The number of carbonyl (C=O) groups excluding carboxylic acids is 2. The van der Waals surface area contributed by atoms with Crippen LogP contribution in [0.4, 0.5) is 0 Å². The number of rotatable bonds is 7. The van der Waals surface area contributed by atoms with Crippen molar-refractivity contribution in [2.24, 2.45) is 0 Å². The molecule has 2 aromatic rings. The summed E-state index contributed by atoms with van der Waals surface area (Å²) in [6.07, 6.45) is -1.92. The number of amides is 1. The minimum Gasteiger partial charge on any atom is -0.481 e. The lowest BCUT2D eigenvalue weighted by Crippen LogP contribution is -2.51.